The van der Waals surface area contributed by atoms with Gasteiger partial charge in [0.05, 0.1) is 23.3 Å². The van der Waals surface area contributed by atoms with Crippen LogP contribution >= 0.6 is 11.3 Å². The van der Waals surface area contributed by atoms with Crippen molar-refractivity contribution in [3.63, 3.8) is 0 Å². The molecular formula is C56H57BN2OS. The van der Waals surface area contributed by atoms with Gasteiger partial charge < -0.3 is 14.2 Å². The molecule has 0 fully saturated rings. The fourth-order valence-corrected chi connectivity index (χ4v) is 11.5. The Kier molecular flexibility index (Phi) is 8.76. The zero-order valence-corrected chi connectivity index (χ0v) is 39.0. The Labute approximate surface area is 367 Å². The zero-order chi connectivity index (χ0) is 43.1. The first-order valence-electron chi connectivity index (χ1n) is 22.0. The van der Waals surface area contributed by atoms with E-state index in [9.17, 15) is 0 Å². The van der Waals surface area contributed by atoms with Crippen molar-refractivity contribution in [3.05, 3.63) is 148 Å². The lowest BCUT2D eigenvalue weighted by Gasteiger charge is -2.44. The van der Waals surface area contributed by atoms with Gasteiger partial charge in [-0.3, -0.25) is 0 Å². The van der Waals surface area contributed by atoms with E-state index < -0.39 is 0 Å². The molecule has 0 bridgehead atoms. The van der Waals surface area contributed by atoms with Crippen molar-refractivity contribution in [1.82, 2.24) is 0 Å². The minimum absolute atomic E-state index is 0.0115. The molecule has 2 aliphatic rings. The summed E-state index contributed by atoms with van der Waals surface area (Å²) in [6.45, 7) is 30.2. The summed E-state index contributed by atoms with van der Waals surface area (Å²) < 4.78 is 8.89. The van der Waals surface area contributed by atoms with Gasteiger partial charge in [-0.25, -0.2) is 0 Å². The summed E-state index contributed by atoms with van der Waals surface area (Å²) >= 11 is 1.98. The molecule has 0 saturated carbocycles. The lowest BCUT2D eigenvalue weighted by molar-refractivity contribution is 0.589. The van der Waals surface area contributed by atoms with Gasteiger partial charge in [-0.1, -0.05) is 129 Å². The largest absolute Gasteiger partial charge is 0.464 e. The Morgan fingerprint density at radius 3 is 1.69 bits per heavy atom. The molecule has 8 aromatic rings. The number of benzene rings is 6. The van der Waals surface area contributed by atoms with Gasteiger partial charge in [-0.05, 0) is 136 Å². The van der Waals surface area contributed by atoms with Gasteiger partial charge in [0.15, 0.2) is 0 Å². The zero-order valence-electron chi connectivity index (χ0n) is 38.2. The minimum Gasteiger partial charge on any atom is -0.464 e. The highest BCUT2D eigenvalue weighted by Gasteiger charge is 2.46. The maximum atomic E-state index is 6.16. The predicted molar refractivity (Wildman–Crippen MR) is 266 cm³/mol. The summed E-state index contributed by atoms with van der Waals surface area (Å²) in [7, 11) is 0. The standard InChI is InChI=1S/C56H57BN2OS/c1-32-25-38(55(8,9)10)26-33(2)50(32)58-44-18-16-19-45-49(44)57(43-23-21-36(29-46(43)58)42-31-60-47-20-15-14-17-40(42)47)53-52(41-30-37(54(5,6)7)22-24-48(41)61-53)59(45)51-34(3)27-39(28-35(51)4)56(11,12)13/h14-31H,1-13H3. The number of hydrogen-bond donors (Lipinski definition) is 0. The van der Waals surface area contributed by atoms with Gasteiger partial charge >= 0.3 is 0 Å². The molecule has 0 amide bonds. The smallest absolute Gasteiger partial charge is 0.264 e. The Hall–Kier alpha value is -5.52. The van der Waals surface area contributed by atoms with Crippen LogP contribution in [-0.4, -0.2) is 6.71 Å². The summed E-state index contributed by atoms with van der Waals surface area (Å²) in [5.74, 6) is 0. The van der Waals surface area contributed by atoms with Crippen molar-refractivity contribution >= 4 is 88.9 Å². The molecule has 5 heteroatoms. The topological polar surface area (TPSA) is 19.6 Å². The number of rotatable bonds is 3. The van der Waals surface area contributed by atoms with E-state index in [0.717, 1.165) is 22.1 Å². The normalized spacial score (nSPS) is 13.9. The molecule has 6 aromatic carbocycles. The first kappa shape index (κ1) is 39.6. The van der Waals surface area contributed by atoms with Crippen LogP contribution in [0.3, 0.4) is 0 Å². The first-order valence-corrected chi connectivity index (χ1v) is 22.8. The molecule has 0 spiro atoms. The van der Waals surface area contributed by atoms with E-state index in [1.165, 1.54) is 98.9 Å². The third-order valence-electron chi connectivity index (χ3n) is 13.4. The van der Waals surface area contributed by atoms with E-state index in [-0.39, 0.29) is 23.0 Å². The van der Waals surface area contributed by atoms with Crippen molar-refractivity contribution in [1.29, 1.82) is 0 Å². The molecule has 0 radical (unpaired) electrons. The van der Waals surface area contributed by atoms with Crippen LogP contribution in [0, 0.1) is 27.7 Å². The second-order valence-corrected chi connectivity index (χ2v) is 22.0. The van der Waals surface area contributed by atoms with Crippen LogP contribution in [-0.2, 0) is 16.2 Å². The lowest BCUT2D eigenvalue weighted by Crippen LogP contribution is -2.60. The van der Waals surface area contributed by atoms with Crippen molar-refractivity contribution in [2.24, 2.45) is 0 Å². The summed E-state index contributed by atoms with van der Waals surface area (Å²) in [6, 6.07) is 39.6. The maximum absolute atomic E-state index is 6.16. The Morgan fingerprint density at radius 1 is 0.508 bits per heavy atom. The molecule has 10 rings (SSSR count). The highest BCUT2D eigenvalue weighted by Crippen LogP contribution is 2.51. The van der Waals surface area contributed by atoms with Gasteiger partial charge in [0, 0.05) is 42.9 Å². The molecule has 306 valence electrons. The molecule has 3 nitrogen and oxygen atoms in total. The van der Waals surface area contributed by atoms with Gasteiger partial charge in [-0.15, -0.1) is 11.3 Å². The van der Waals surface area contributed by atoms with Crippen LogP contribution in [0.15, 0.2) is 114 Å². The fourth-order valence-electron chi connectivity index (χ4n) is 10.2. The average Bonchev–Trinajstić information content (AvgIpc) is 3.79. The fraction of sp³-hybridized carbons (Fsp3) is 0.286. The molecule has 2 aliphatic heterocycles. The number of hydrogen-bond acceptors (Lipinski definition) is 4. The third kappa shape index (κ3) is 6.13. The van der Waals surface area contributed by atoms with Crippen molar-refractivity contribution in [2.45, 2.75) is 106 Å². The maximum Gasteiger partial charge on any atom is 0.264 e. The molecule has 0 N–H and O–H groups in total. The van der Waals surface area contributed by atoms with E-state index >= 15 is 0 Å². The number of fused-ring (bicyclic) bond motifs is 7. The third-order valence-corrected chi connectivity index (χ3v) is 14.6. The van der Waals surface area contributed by atoms with Gasteiger partial charge in [0.25, 0.3) is 6.71 Å². The van der Waals surface area contributed by atoms with E-state index in [1.54, 1.807) is 0 Å². The van der Waals surface area contributed by atoms with Crippen molar-refractivity contribution in [2.75, 3.05) is 9.80 Å². The van der Waals surface area contributed by atoms with Crippen LogP contribution in [0.25, 0.3) is 32.2 Å². The summed E-state index contributed by atoms with van der Waals surface area (Å²) in [4.78, 5) is 5.26. The SMILES string of the molecule is Cc1cc(C(C)(C)C)cc(C)c1N1c2cc(-c3coc4ccccc34)ccc2B2c3sc4ccc(C(C)(C)C)cc4c3N(c3c(C)cc(C(C)(C)C)cc3C)c3cccc1c32. The molecular weight excluding hydrogens is 760 g/mol. The van der Waals surface area contributed by atoms with Crippen molar-refractivity contribution in [3.8, 4) is 11.1 Å². The quantitative estimate of drug-likeness (QED) is 0.166. The number of anilines is 6. The summed E-state index contributed by atoms with van der Waals surface area (Å²) in [5, 5.41) is 2.46. The van der Waals surface area contributed by atoms with E-state index in [4.69, 9.17) is 4.42 Å². The Bertz CT molecular complexity index is 3060. The number of furan rings is 1. The monoisotopic (exact) mass is 816 g/mol. The molecule has 4 heterocycles. The highest BCUT2D eigenvalue weighted by molar-refractivity contribution is 7.33. The molecule has 2 aromatic heterocycles. The summed E-state index contributed by atoms with van der Waals surface area (Å²) in [5.41, 5.74) is 22.8. The van der Waals surface area contributed by atoms with Crippen LogP contribution < -0.4 is 25.5 Å². The highest BCUT2D eigenvalue weighted by atomic mass is 32.1. The minimum atomic E-state index is 0.0115. The number of thiophene rings is 1. The predicted octanol–water partition coefficient (Wildman–Crippen LogP) is 14.5. The second kappa shape index (κ2) is 13.5. The molecule has 0 unspecified atom stereocenters. The van der Waals surface area contributed by atoms with E-state index in [2.05, 4.69) is 197 Å². The second-order valence-electron chi connectivity index (χ2n) is 20.9. The Balaban J connectivity index is 1.32. The van der Waals surface area contributed by atoms with E-state index in [0.29, 0.717) is 0 Å². The van der Waals surface area contributed by atoms with Crippen molar-refractivity contribution < 1.29 is 4.42 Å². The number of para-hydroxylation sites is 1. The molecule has 61 heavy (non-hydrogen) atoms. The van der Waals surface area contributed by atoms with Crippen LogP contribution in [0.4, 0.5) is 34.1 Å². The van der Waals surface area contributed by atoms with Gasteiger partial charge in [-0.2, -0.15) is 0 Å². The van der Waals surface area contributed by atoms with Gasteiger partial charge in [0.1, 0.15) is 5.58 Å². The molecule has 0 atom stereocenters. The van der Waals surface area contributed by atoms with Crippen LogP contribution in [0.5, 0.6) is 0 Å². The van der Waals surface area contributed by atoms with Crippen LogP contribution in [0.2, 0.25) is 0 Å². The molecule has 0 saturated heterocycles. The van der Waals surface area contributed by atoms with E-state index in [1.807, 2.05) is 23.7 Å². The molecule has 0 aliphatic carbocycles. The van der Waals surface area contributed by atoms with Crippen LogP contribution in [0.1, 0.15) is 101 Å². The number of aryl methyl sites for hydroxylation is 4. The Morgan fingerprint density at radius 2 is 1.08 bits per heavy atom. The van der Waals surface area contributed by atoms with Gasteiger partial charge in [0.2, 0.25) is 0 Å². The number of nitrogens with zero attached hydrogens (tertiary/aromatic N) is 2. The first-order chi connectivity index (χ1) is 28.8. The summed E-state index contributed by atoms with van der Waals surface area (Å²) in [6.07, 6.45) is 1.94. The lowest BCUT2D eigenvalue weighted by atomic mass is 9.36. The average molecular weight is 817 g/mol.